The minimum absolute atomic E-state index is 0. The van der Waals surface area contributed by atoms with Crippen molar-refractivity contribution in [2.75, 3.05) is 0 Å². The smallest absolute Gasteiger partial charge is 1.00 e. The van der Waals surface area contributed by atoms with E-state index >= 15 is 0 Å². The van der Waals surface area contributed by atoms with Gasteiger partial charge < -0.3 is 10.8 Å². The predicted octanol–water partition coefficient (Wildman–Crippen LogP) is -1.74. The van der Waals surface area contributed by atoms with Crippen molar-refractivity contribution in [3.8, 4) is 0 Å². The van der Waals surface area contributed by atoms with Crippen LogP contribution in [0.1, 0.15) is 22.7 Å². The molecule has 1 aromatic rings. The van der Waals surface area contributed by atoms with E-state index in [2.05, 4.69) is 4.98 Å². The van der Waals surface area contributed by atoms with Gasteiger partial charge >= 0.3 is 36.2 Å². The number of aliphatic hydroxyl groups excluding tert-OH is 1. The summed E-state index contributed by atoms with van der Waals surface area (Å²) in [6.45, 7) is 3.95. The topological polar surface area (TPSA) is 33.1 Å². The molecule has 1 aromatic heterocycles. The van der Waals surface area contributed by atoms with E-state index in [0.717, 1.165) is 17.0 Å². The third-order valence-electron chi connectivity index (χ3n) is 1.31. The molecule has 2 nitrogen and oxygen atoms in total. The molecule has 0 bridgehead atoms. The number of nitrogens with zero attached hydrogens (tertiary/aromatic N) is 1. The van der Waals surface area contributed by atoms with Gasteiger partial charge in [0, 0.05) is 5.69 Å². The van der Waals surface area contributed by atoms with Gasteiger partial charge in [-0.05, 0) is 31.5 Å². The van der Waals surface area contributed by atoms with Crippen LogP contribution in [-0.4, -0.2) is 27.5 Å². The van der Waals surface area contributed by atoms with E-state index in [9.17, 15) is 0 Å². The summed E-state index contributed by atoms with van der Waals surface area (Å²) in [5, 5.41) is 8.72. The van der Waals surface area contributed by atoms with Gasteiger partial charge in [-0.15, -0.1) is 0 Å². The number of aryl methyl sites for hydroxylation is 2. The van der Waals surface area contributed by atoms with Crippen molar-refractivity contribution in [1.82, 2.24) is 4.98 Å². The summed E-state index contributed by atoms with van der Waals surface area (Å²) in [6.07, 6.45) is 0. The maximum absolute atomic E-state index is 8.72. The normalized spacial score (nSPS) is 8.25. The van der Waals surface area contributed by atoms with Crippen molar-refractivity contribution in [2.24, 2.45) is 0 Å². The Morgan fingerprint density at radius 1 is 1.42 bits per heavy atom. The minimum Gasteiger partial charge on any atom is -1.00 e. The molecule has 0 aliphatic carbocycles. The number of hydrogen-bond donors (Lipinski definition) is 1. The fourth-order valence-electron chi connectivity index (χ4n) is 1.01. The van der Waals surface area contributed by atoms with Gasteiger partial charge in [-0.25, -0.2) is 0 Å². The van der Waals surface area contributed by atoms with Crippen LogP contribution in [0.4, 0.5) is 0 Å². The van der Waals surface area contributed by atoms with Crippen LogP contribution in [0.2, 0.25) is 0 Å². The molecule has 1 heterocycles. The quantitative estimate of drug-likeness (QED) is 0.514. The van der Waals surface area contributed by atoms with E-state index in [1.54, 1.807) is 0 Å². The third kappa shape index (κ3) is 4.31. The molecule has 0 amide bonds. The molecular weight excluding hydrogens is 160 g/mol. The number of aliphatic hydroxyl groups is 1. The molecule has 1 rings (SSSR count). The Bertz CT molecular complexity index is 235. The first-order chi connectivity index (χ1) is 4.72. The van der Waals surface area contributed by atoms with Crippen molar-refractivity contribution in [3.63, 3.8) is 0 Å². The summed E-state index contributed by atoms with van der Waals surface area (Å²) < 4.78 is 0. The summed E-state index contributed by atoms with van der Waals surface area (Å²) in [4.78, 5) is 4.10. The molecule has 0 saturated heterocycles. The number of rotatable bonds is 1. The molecule has 0 saturated carbocycles. The summed E-state index contributed by atoms with van der Waals surface area (Å²) in [5.41, 5.74) is 2.86. The first kappa shape index (κ1) is 14.7. The summed E-state index contributed by atoms with van der Waals surface area (Å²) in [5.74, 6) is 0. The second-order valence-corrected chi connectivity index (χ2v) is 2.44. The van der Waals surface area contributed by atoms with Crippen LogP contribution >= 0.6 is 0 Å². The van der Waals surface area contributed by atoms with Gasteiger partial charge in [0.2, 0.25) is 0 Å². The molecule has 1 N–H and O–H groups in total. The van der Waals surface area contributed by atoms with Gasteiger partial charge in [0.15, 0.2) is 0 Å². The van der Waals surface area contributed by atoms with Crippen molar-refractivity contribution in [1.29, 1.82) is 0 Å². The molecule has 0 radical (unpaired) electrons. The fourth-order valence-corrected chi connectivity index (χ4v) is 1.01. The zero-order chi connectivity index (χ0) is 7.56. The molecule has 0 aliphatic heterocycles. The fraction of sp³-hybridized carbons (Fsp3) is 0.375. The largest absolute Gasteiger partial charge is 3.00 e. The van der Waals surface area contributed by atoms with Crippen molar-refractivity contribution < 1.29 is 29.7 Å². The minimum atomic E-state index is 0. The van der Waals surface area contributed by atoms with Crippen molar-refractivity contribution in [2.45, 2.75) is 20.5 Å². The van der Waals surface area contributed by atoms with E-state index in [1.165, 1.54) is 0 Å². The van der Waals surface area contributed by atoms with Crippen LogP contribution in [-0.2, 0) is 6.61 Å². The Morgan fingerprint density at radius 3 is 2.42 bits per heavy atom. The maximum Gasteiger partial charge on any atom is 3.00 e. The average molecular weight is 175 g/mol. The summed E-state index contributed by atoms with van der Waals surface area (Å²) in [6, 6.07) is 3.87. The van der Waals surface area contributed by atoms with Gasteiger partial charge in [-0.2, -0.15) is 0 Å². The number of hydrogen-bond acceptors (Lipinski definition) is 2. The van der Waals surface area contributed by atoms with Crippen LogP contribution in [0.5, 0.6) is 0 Å². The molecule has 0 aliphatic rings. The average Bonchev–Trinajstić information content (AvgIpc) is 1.85. The van der Waals surface area contributed by atoms with E-state index in [1.807, 2.05) is 26.0 Å². The van der Waals surface area contributed by atoms with Crippen molar-refractivity contribution >= 4 is 17.4 Å². The molecule has 4 heteroatoms. The van der Waals surface area contributed by atoms with E-state index in [4.69, 9.17) is 5.11 Å². The van der Waals surface area contributed by atoms with Gasteiger partial charge in [0.25, 0.3) is 0 Å². The zero-order valence-electron chi connectivity index (χ0n) is 11.8. The zero-order valence-corrected chi connectivity index (χ0v) is 8.99. The van der Waals surface area contributed by atoms with E-state index in [0.29, 0.717) is 0 Å². The van der Waals surface area contributed by atoms with Gasteiger partial charge in [-0.1, -0.05) is 0 Å². The molecule has 0 unspecified atom stereocenters. The van der Waals surface area contributed by atoms with Gasteiger partial charge in [-0.3, -0.25) is 4.98 Å². The molecule has 62 valence electrons. The van der Waals surface area contributed by atoms with Crippen molar-refractivity contribution in [3.05, 3.63) is 29.1 Å². The Kier molecular flexibility index (Phi) is 8.26. The Morgan fingerprint density at radius 2 is 2.00 bits per heavy atom. The van der Waals surface area contributed by atoms with E-state index in [-0.39, 0.29) is 48.5 Å². The Hall–Kier alpha value is 0.240. The predicted molar refractivity (Wildman–Crippen MR) is 49.8 cm³/mol. The summed E-state index contributed by atoms with van der Waals surface area (Å²) >= 11 is 0. The Balaban J connectivity index is -0.0000000417. The maximum atomic E-state index is 8.72. The van der Waals surface area contributed by atoms with E-state index < -0.39 is 0 Å². The summed E-state index contributed by atoms with van der Waals surface area (Å²) in [7, 11) is 0. The van der Waals surface area contributed by atoms with Crippen LogP contribution in [0, 0.1) is 13.8 Å². The van der Waals surface area contributed by atoms with Crippen LogP contribution < -0.4 is 18.9 Å². The van der Waals surface area contributed by atoms with Crippen LogP contribution in [0.15, 0.2) is 12.1 Å². The third-order valence-corrected chi connectivity index (χ3v) is 1.31. The molecule has 0 aromatic carbocycles. The molecule has 12 heavy (non-hydrogen) atoms. The molecular formula is C8H15AlLiNO. The molecule has 0 fully saturated rings. The number of pyridine rings is 1. The Labute approximate surface area is 102 Å². The molecule has 0 atom stereocenters. The van der Waals surface area contributed by atoms with Crippen LogP contribution in [0.25, 0.3) is 0 Å². The molecule has 0 spiro atoms. The second-order valence-electron chi connectivity index (χ2n) is 2.44. The standard InChI is InChI=1S/C8H11NO.Al.Li.4H/c1-6-3-7(2)9-8(4-6)5-10;;;;;;/h3-4,10H,5H2,1-2H3;;;;;;/q;+3;+1;4*-1. The van der Waals surface area contributed by atoms with Gasteiger partial charge in [0.05, 0.1) is 12.3 Å². The first-order valence-corrected chi connectivity index (χ1v) is 3.27. The first-order valence-electron chi connectivity index (χ1n) is 3.27. The monoisotopic (exact) mass is 175 g/mol. The SMILES string of the molecule is Cc1cc(C)nc(CO)c1.[Al+3].[H-].[H-].[H-].[H-].[Li+]. The number of aromatic nitrogens is 1. The second kappa shape index (κ2) is 6.72. The van der Waals surface area contributed by atoms with Crippen LogP contribution in [0.3, 0.4) is 0 Å². The van der Waals surface area contributed by atoms with Gasteiger partial charge in [0.1, 0.15) is 0 Å².